The van der Waals surface area contributed by atoms with E-state index in [9.17, 15) is 9.18 Å². The van der Waals surface area contributed by atoms with Crippen LogP contribution in [0.1, 0.15) is 28.8 Å². The average molecular weight is 474 g/mol. The summed E-state index contributed by atoms with van der Waals surface area (Å²) >= 11 is 0. The molecule has 5 heterocycles. The summed E-state index contributed by atoms with van der Waals surface area (Å²) in [6.07, 6.45) is 5.74. The van der Waals surface area contributed by atoms with Crippen LogP contribution < -0.4 is 20.9 Å². The fraction of sp³-hybridized carbons (Fsp3) is 0.269. The van der Waals surface area contributed by atoms with Crippen LogP contribution in [0.25, 0.3) is 16.9 Å². The number of anilines is 3. The van der Waals surface area contributed by atoms with Crippen LogP contribution in [-0.2, 0) is 6.54 Å². The van der Waals surface area contributed by atoms with Crippen LogP contribution in [-0.4, -0.2) is 47.5 Å². The van der Waals surface area contributed by atoms with Crippen molar-refractivity contribution in [3.63, 3.8) is 0 Å². The van der Waals surface area contributed by atoms with Crippen LogP contribution in [0.2, 0.25) is 0 Å². The number of carbonyl (C=O) groups is 1. The van der Waals surface area contributed by atoms with Crippen molar-refractivity contribution in [1.29, 1.82) is 0 Å². The lowest BCUT2D eigenvalue weighted by Crippen LogP contribution is -2.19. The summed E-state index contributed by atoms with van der Waals surface area (Å²) in [6, 6.07) is 12.6. The Kier molecular flexibility index (Phi) is 6.33. The monoisotopic (exact) mass is 473 g/mol. The SMILES string of the molecule is CNC.O=C1NCc2c(-c3cnc4cc(F)ccn34)ccc(Nc3cccc(N4CCCC4)n3)c21. The van der Waals surface area contributed by atoms with E-state index in [1.54, 1.807) is 12.4 Å². The van der Waals surface area contributed by atoms with Crippen LogP contribution in [0.4, 0.5) is 21.7 Å². The molecule has 0 radical (unpaired) electrons. The first-order valence-electron chi connectivity index (χ1n) is 11.7. The van der Waals surface area contributed by atoms with Crippen LogP contribution >= 0.6 is 0 Å². The van der Waals surface area contributed by atoms with Gasteiger partial charge in [-0.05, 0) is 56.8 Å². The minimum absolute atomic E-state index is 0.125. The molecule has 1 aromatic carbocycles. The number of halogens is 1. The summed E-state index contributed by atoms with van der Waals surface area (Å²) in [5.41, 5.74) is 4.44. The van der Waals surface area contributed by atoms with Gasteiger partial charge in [-0.3, -0.25) is 9.20 Å². The van der Waals surface area contributed by atoms with E-state index < -0.39 is 0 Å². The summed E-state index contributed by atoms with van der Waals surface area (Å²) in [7, 11) is 3.75. The molecule has 3 aromatic heterocycles. The molecule has 9 heteroatoms. The molecule has 4 aromatic rings. The standard InChI is InChI=1S/C24H21FN6O.C2H7N/c25-15-8-11-31-19(14-26-22(31)12-15)16-6-7-18(23-17(16)13-27-24(23)32)28-20-4-3-5-21(29-20)30-9-1-2-10-30;1-3-2/h3-8,11-12,14H,1-2,9-10,13H2,(H,27,32)(H,28,29);3H,1-2H3. The molecule has 1 fully saturated rings. The van der Waals surface area contributed by atoms with Crippen molar-refractivity contribution in [2.45, 2.75) is 19.4 Å². The number of benzene rings is 1. The molecule has 0 atom stereocenters. The third-order valence-corrected chi connectivity index (χ3v) is 6.14. The average Bonchev–Trinajstić information content (AvgIpc) is 3.61. The van der Waals surface area contributed by atoms with Gasteiger partial charge in [-0.15, -0.1) is 0 Å². The summed E-state index contributed by atoms with van der Waals surface area (Å²) < 4.78 is 15.4. The number of imidazole rings is 1. The molecule has 2 aliphatic rings. The summed E-state index contributed by atoms with van der Waals surface area (Å²) in [5.74, 6) is 1.19. The molecule has 180 valence electrons. The summed E-state index contributed by atoms with van der Waals surface area (Å²) in [6.45, 7) is 2.47. The van der Waals surface area contributed by atoms with Crippen molar-refractivity contribution < 1.29 is 9.18 Å². The maximum absolute atomic E-state index is 13.6. The normalized spacial score (nSPS) is 14.5. The molecule has 0 spiro atoms. The van der Waals surface area contributed by atoms with E-state index in [0.29, 0.717) is 29.3 Å². The molecule has 0 unspecified atom stereocenters. The molecule has 8 nitrogen and oxygen atoms in total. The first kappa shape index (κ1) is 22.8. The Morgan fingerprint density at radius 3 is 2.69 bits per heavy atom. The minimum Gasteiger partial charge on any atom is -0.357 e. The van der Waals surface area contributed by atoms with Crippen LogP contribution in [0.3, 0.4) is 0 Å². The van der Waals surface area contributed by atoms with Crippen molar-refractivity contribution in [2.75, 3.05) is 37.4 Å². The molecule has 0 bridgehead atoms. The molecule has 3 N–H and O–H groups in total. The number of rotatable bonds is 4. The van der Waals surface area contributed by atoms with Crippen molar-refractivity contribution in [3.05, 3.63) is 71.8 Å². The van der Waals surface area contributed by atoms with E-state index in [4.69, 9.17) is 4.98 Å². The van der Waals surface area contributed by atoms with Crippen molar-refractivity contribution >= 4 is 28.9 Å². The lowest BCUT2D eigenvalue weighted by atomic mass is 9.99. The molecule has 35 heavy (non-hydrogen) atoms. The van der Waals surface area contributed by atoms with Gasteiger partial charge >= 0.3 is 0 Å². The molecule has 2 aliphatic heterocycles. The molecule has 1 amide bonds. The van der Waals surface area contributed by atoms with Crippen LogP contribution in [0, 0.1) is 5.82 Å². The smallest absolute Gasteiger partial charge is 0.254 e. The minimum atomic E-state index is -0.333. The van der Waals surface area contributed by atoms with E-state index in [0.717, 1.165) is 35.7 Å². The highest BCUT2D eigenvalue weighted by molar-refractivity contribution is 6.06. The van der Waals surface area contributed by atoms with Crippen molar-refractivity contribution in [2.24, 2.45) is 0 Å². The molecular formula is C26H28FN7O. The fourth-order valence-electron chi connectivity index (χ4n) is 4.60. The zero-order valence-electron chi connectivity index (χ0n) is 19.8. The van der Waals surface area contributed by atoms with Gasteiger partial charge in [0.25, 0.3) is 5.91 Å². The molecule has 0 aliphatic carbocycles. The van der Waals surface area contributed by atoms with Gasteiger partial charge in [-0.2, -0.15) is 0 Å². The quantitative estimate of drug-likeness (QED) is 0.416. The second kappa shape index (κ2) is 9.71. The van der Waals surface area contributed by atoms with Crippen LogP contribution in [0.15, 0.2) is 54.9 Å². The Hall–Kier alpha value is -3.98. The Morgan fingerprint density at radius 2 is 1.89 bits per heavy atom. The lowest BCUT2D eigenvalue weighted by molar-refractivity contribution is 0.0966. The largest absolute Gasteiger partial charge is 0.357 e. The summed E-state index contributed by atoms with van der Waals surface area (Å²) in [4.78, 5) is 24.1. The molecular weight excluding hydrogens is 445 g/mol. The Bertz CT molecular complexity index is 1380. The first-order valence-corrected chi connectivity index (χ1v) is 11.7. The maximum atomic E-state index is 13.6. The van der Waals surface area contributed by atoms with E-state index >= 15 is 0 Å². The lowest BCUT2D eigenvalue weighted by Gasteiger charge is -2.18. The number of fused-ring (bicyclic) bond motifs is 2. The van der Waals surface area contributed by atoms with E-state index in [-0.39, 0.29) is 11.7 Å². The van der Waals surface area contributed by atoms with Gasteiger partial charge in [-0.25, -0.2) is 14.4 Å². The highest BCUT2D eigenvalue weighted by Gasteiger charge is 2.27. The zero-order chi connectivity index (χ0) is 24.4. The molecule has 0 saturated carbocycles. The van der Waals surface area contributed by atoms with Gasteiger partial charge in [0.1, 0.15) is 23.1 Å². The van der Waals surface area contributed by atoms with Crippen LogP contribution in [0.5, 0.6) is 0 Å². The number of hydrogen-bond donors (Lipinski definition) is 3. The number of amides is 1. The van der Waals surface area contributed by atoms with E-state index in [1.807, 2.05) is 48.8 Å². The summed E-state index contributed by atoms with van der Waals surface area (Å²) in [5, 5.41) is 9.02. The predicted octanol–water partition coefficient (Wildman–Crippen LogP) is 3.96. The number of nitrogens with one attached hydrogen (secondary N) is 3. The Labute approximate surface area is 203 Å². The third kappa shape index (κ3) is 4.42. The topological polar surface area (TPSA) is 86.6 Å². The number of nitrogens with zero attached hydrogens (tertiary/aromatic N) is 4. The van der Waals surface area contributed by atoms with Gasteiger partial charge in [0.2, 0.25) is 0 Å². The first-order chi connectivity index (χ1) is 17.1. The second-order valence-corrected chi connectivity index (χ2v) is 8.61. The second-order valence-electron chi connectivity index (χ2n) is 8.61. The van der Waals surface area contributed by atoms with Gasteiger partial charge in [0.15, 0.2) is 0 Å². The van der Waals surface area contributed by atoms with E-state index in [2.05, 4.69) is 25.8 Å². The predicted molar refractivity (Wildman–Crippen MR) is 136 cm³/mol. The van der Waals surface area contributed by atoms with Crippen molar-refractivity contribution in [3.8, 4) is 11.3 Å². The number of pyridine rings is 2. The molecule has 6 rings (SSSR count). The fourth-order valence-corrected chi connectivity index (χ4v) is 4.60. The number of carbonyl (C=O) groups excluding carboxylic acids is 1. The zero-order valence-corrected chi connectivity index (χ0v) is 19.8. The number of aromatic nitrogens is 3. The third-order valence-electron chi connectivity index (χ3n) is 6.14. The highest BCUT2D eigenvalue weighted by atomic mass is 19.1. The Balaban J connectivity index is 0.000000806. The van der Waals surface area contributed by atoms with Crippen molar-refractivity contribution in [1.82, 2.24) is 25.0 Å². The highest BCUT2D eigenvalue weighted by Crippen LogP contribution is 2.35. The van der Waals surface area contributed by atoms with Gasteiger partial charge < -0.3 is 20.9 Å². The molecule has 1 saturated heterocycles. The maximum Gasteiger partial charge on any atom is 0.254 e. The van der Waals surface area contributed by atoms with E-state index in [1.165, 1.54) is 25.0 Å². The van der Waals surface area contributed by atoms with Gasteiger partial charge in [-0.1, -0.05) is 12.1 Å². The number of hydrogen-bond acceptors (Lipinski definition) is 6. The Morgan fingerprint density at radius 1 is 1.09 bits per heavy atom. The van der Waals surface area contributed by atoms with Gasteiger partial charge in [0.05, 0.1) is 23.1 Å². The van der Waals surface area contributed by atoms with Gasteiger partial charge in [0, 0.05) is 37.5 Å².